The van der Waals surface area contributed by atoms with Gasteiger partial charge in [0, 0.05) is 5.41 Å². The SMILES string of the molecule is CC(C)(C)C(=O)c1cc2ccccc2cc1O. The van der Waals surface area contributed by atoms with Gasteiger partial charge in [0.15, 0.2) is 5.78 Å². The molecular formula is C15H16O2. The zero-order valence-electron chi connectivity index (χ0n) is 10.3. The molecule has 0 bridgehead atoms. The van der Waals surface area contributed by atoms with Gasteiger partial charge in [0.1, 0.15) is 5.75 Å². The van der Waals surface area contributed by atoms with Gasteiger partial charge in [-0.2, -0.15) is 0 Å². The van der Waals surface area contributed by atoms with Gasteiger partial charge in [-0.1, -0.05) is 45.0 Å². The number of phenolic OH excluding ortho intramolecular Hbond substituents is 1. The van der Waals surface area contributed by atoms with Gasteiger partial charge in [-0.05, 0) is 22.9 Å². The Morgan fingerprint density at radius 1 is 1.06 bits per heavy atom. The molecule has 0 amide bonds. The van der Waals surface area contributed by atoms with Crippen molar-refractivity contribution in [1.82, 2.24) is 0 Å². The van der Waals surface area contributed by atoms with E-state index in [2.05, 4.69) is 0 Å². The number of Topliss-reactive ketones (excluding diaryl/α,β-unsaturated/α-hetero) is 1. The highest BCUT2D eigenvalue weighted by molar-refractivity contribution is 6.05. The van der Waals surface area contributed by atoms with Gasteiger partial charge in [0.2, 0.25) is 0 Å². The molecular weight excluding hydrogens is 212 g/mol. The maximum absolute atomic E-state index is 12.2. The van der Waals surface area contributed by atoms with Crippen LogP contribution in [-0.2, 0) is 0 Å². The molecule has 17 heavy (non-hydrogen) atoms. The highest BCUT2D eigenvalue weighted by Crippen LogP contribution is 2.30. The molecule has 2 aromatic rings. The molecule has 2 nitrogen and oxygen atoms in total. The Labute approximate surface area is 101 Å². The lowest BCUT2D eigenvalue weighted by Gasteiger charge is -2.17. The quantitative estimate of drug-likeness (QED) is 0.754. The van der Waals surface area contributed by atoms with Crippen molar-refractivity contribution in [3.8, 4) is 5.75 Å². The lowest BCUT2D eigenvalue weighted by atomic mass is 9.85. The van der Waals surface area contributed by atoms with Crippen molar-refractivity contribution >= 4 is 16.6 Å². The Hall–Kier alpha value is -1.83. The summed E-state index contributed by atoms with van der Waals surface area (Å²) in [5, 5.41) is 11.8. The molecule has 0 radical (unpaired) electrons. The van der Waals surface area contributed by atoms with E-state index in [0.717, 1.165) is 10.8 Å². The smallest absolute Gasteiger partial charge is 0.171 e. The minimum atomic E-state index is -0.486. The van der Waals surface area contributed by atoms with Crippen LogP contribution in [0.15, 0.2) is 36.4 Å². The van der Waals surface area contributed by atoms with Crippen LogP contribution in [0.25, 0.3) is 10.8 Å². The van der Waals surface area contributed by atoms with E-state index in [1.54, 1.807) is 12.1 Å². The summed E-state index contributed by atoms with van der Waals surface area (Å²) in [5.41, 5.74) is -0.0869. The summed E-state index contributed by atoms with van der Waals surface area (Å²) in [4.78, 5) is 12.2. The van der Waals surface area contributed by atoms with Crippen LogP contribution in [0, 0.1) is 5.41 Å². The molecule has 0 aliphatic heterocycles. The number of rotatable bonds is 1. The Morgan fingerprint density at radius 2 is 1.59 bits per heavy atom. The summed E-state index contributed by atoms with van der Waals surface area (Å²) in [5.74, 6) is 0.0179. The number of phenols is 1. The van der Waals surface area contributed by atoms with Gasteiger partial charge in [-0.3, -0.25) is 4.79 Å². The third kappa shape index (κ3) is 2.16. The third-order valence-corrected chi connectivity index (χ3v) is 2.79. The summed E-state index contributed by atoms with van der Waals surface area (Å²) in [7, 11) is 0. The average Bonchev–Trinajstić information content (AvgIpc) is 2.26. The van der Waals surface area contributed by atoms with Gasteiger partial charge in [0.05, 0.1) is 5.56 Å². The number of carbonyl (C=O) groups excluding carboxylic acids is 1. The van der Waals surface area contributed by atoms with E-state index in [1.807, 2.05) is 45.0 Å². The van der Waals surface area contributed by atoms with Crippen LogP contribution < -0.4 is 0 Å². The highest BCUT2D eigenvalue weighted by Gasteiger charge is 2.25. The summed E-state index contributed by atoms with van der Waals surface area (Å²) < 4.78 is 0. The number of carbonyl (C=O) groups is 1. The fraction of sp³-hybridized carbons (Fsp3) is 0.267. The topological polar surface area (TPSA) is 37.3 Å². The van der Waals surface area contributed by atoms with Crippen LogP contribution in [0.5, 0.6) is 5.75 Å². The molecule has 0 saturated carbocycles. The van der Waals surface area contributed by atoms with Crippen molar-refractivity contribution in [2.75, 3.05) is 0 Å². The number of benzene rings is 2. The summed E-state index contributed by atoms with van der Waals surface area (Å²) in [6, 6.07) is 11.1. The van der Waals surface area contributed by atoms with Gasteiger partial charge in [-0.15, -0.1) is 0 Å². The lowest BCUT2D eigenvalue weighted by molar-refractivity contribution is 0.0855. The van der Waals surface area contributed by atoms with E-state index in [9.17, 15) is 9.90 Å². The Kier molecular flexibility index (Phi) is 2.66. The van der Waals surface area contributed by atoms with Crippen molar-refractivity contribution in [2.45, 2.75) is 20.8 Å². The van der Waals surface area contributed by atoms with Crippen molar-refractivity contribution in [3.05, 3.63) is 42.0 Å². The Balaban J connectivity index is 2.63. The largest absolute Gasteiger partial charge is 0.507 e. The number of aromatic hydroxyl groups is 1. The van der Waals surface area contributed by atoms with Crippen LogP contribution in [0.4, 0.5) is 0 Å². The molecule has 0 saturated heterocycles. The maximum Gasteiger partial charge on any atom is 0.171 e. The predicted octanol–water partition coefficient (Wildman–Crippen LogP) is 3.77. The third-order valence-electron chi connectivity index (χ3n) is 2.79. The first-order valence-corrected chi connectivity index (χ1v) is 5.66. The first-order valence-electron chi connectivity index (χ1n) is 5.66. The minimum Gasteiger partial charge on any atom is -0.507 e. The molecule has 0 aliphatic carbocycles. The van der Waals surface area contributed by atoms with Crippen molar-refractivity contribution < 1.29 is 9.90 Å². The zero-order chi connectivity index (χ0) is 12.6. The van der Waals surface area contributed by atoms with Gasteiger partial charge in [0.25, 0.3) is 0 Å². The molecule has 0 aromatic heterocycles. The van der Waals surface area contributed by atoms with Gasteiger partial charge >= 0.3 is 0 Å². The number of hydrogen-bond acceptors (Lipinski definition) is 2. The monoisotopic (exact) mass is 228 g/mol. The van der Waals surface area contributed by atoms with Crippen molar-refractivity contribution in [3.63, 3.8) is 0 Å². The molecule has 2 rings (SSSR count). The van der Waals surface area contributed by atoms with Crippen molar-refractivity contribution in [1.29, 1.82) is 0 Å². The second-order valence-electron chi connectivity index (χ2n) is 5.30. The molecule has 0 unspecified atom stereocenters. The molecule has 1 N–H and O–H groups in total. The van der Waals surface area contributed by atoms with Crippen LogP contribution in [-0.4, -0.2) is 10.9 Å². The molecule has 0 aliphatic rings. The fourth-order valence-electron chi connectivity index (χ4n) is 1.81. The summed E-state index contributed by atoms with van der Waals surface area (Å²) in [6.07, 6.45) is 0. The molecule has 2 heteroatoms. The predicted molar refractivity (Wildman–Crippen MR) is 69.4 cm³/mol. The lowest BCUT2D eigenvalue weighted by Crippen LogP contribution is -2.20. The normalized spacial score (nSPS) is 11.7. The first-order chi connectivity index (χ1) is 7.89. The van der Waals surface area contributed by atoms with E-state index in [1.165, 1.54) is 0 Å². The van der Waals surface area contributed by atoms with E-state index in [4.69, 9.17) is 0 Å². The van der Waals surface area contributed by atoms with Gasteiger partial charge in [-0.25, -0.2) is 0 Å². The minimum absolute atomic E-state index is 0.0410. The van der Waals surface area contributed by atoms with E-state index in [0.29, 0.717) is 5.56 Å². The second-order valence-corrected chi connectivity index (χ2v) is 5.30. The number of fused-ring (bicyclic) bond motifs is 1. The summed E-state index contributed by atoms with van der Waals surface area (Å²) >= 11 is 0. The molecule has 0 fully saturated rings. The van der Waals surface area contributed by atoms with Gasteiger partial charge < -0.3 is 5.11 Å². The molecule has 0 heterocycles. The summed E-state index contributed by atoms with van der Waals surface area (Å²) in [6.45, 7) is 5.55. The first kappa shape index (κ1) is 11.6. The Bertz CT molecular complexity index is 577. The Morgan fingerprint density at radius 3 is 2.12 bits per heavy atom. The fourth-order valence-corrected chi connectivity index (χ4v) is 1.81. The van der Waals surface area contributed by atoms with Crippen molar-refractivity contribution in [2.24, 2.45) is 5.41 Å². The van der Waals surface area contributed by atoms with Crippen LogP contribution in [0.1, 0.15) is 31.1 Å². The number of ketones is 1. The molecule has 88 valence electrons. The molecule has 0 atom stereocenters. The van der Waals surface area contributed by atoms with Crippen LogP contribution in [0.2, 0.25) is 0 Å². The van der Waals surface area contributed by atoms with Crippen LogP contribution >= 0.6 is 0 Å². The second kappa shape index (κ2) is 3.88. The highest BCUT2D eigenvalue weighted by atomic mass is 16.3. The van der Waals surface area contributed by atoms with E-state index in [-0.39, 0.29) is 11.5 Å². The zero-order valence-corrected chi connectivity index (χ0v) is 10.3. The van der Waals surface area contributed by atoms with E-state index < -0.39 is 5.41 Å². The molecule has 0 spiro atoms. The standard InChI is InChI=1S/C15H16O2/c1-15(2,3)14(17)12-8-10-6-4-5-7-11(10)9-13(12)16/h4-9,16H,1-3H3. The molecule has 2 aromatic carbocycles. The number of hydrogen-bond donors (Lipinski definition) is 1. The average molecular weight is 228 g/mol. The van der Waals surface area contributed by atoms with E-state index >= 15 is 0 Å². The maximum atomic E-state index is 12.2. The van der Waals surface area contributed by atoms with Crippen LogP contribution in [0.3, 0.4) is 0 Å².